The van der Waals surface area contributed by atoms with Crippen LogP contribution in [0.15, 0.2) is 42.0 Å². The molecule has 1 unspecified atom stereocenters. The first-order valence-corrected chi connectivity index (χ1v) is 10.2. The van der Waals surface area contributed by atoms with E-state index in [1.165, 1.54) is 19.3 Å². The molecule has 0 saturated carbocycles. The summed E-state index contributed by atoms with van der Waals surface area (Å²) < 4.78 is 1.92. The topological polar surface area (TPSA) is 58.3 Å². The van der Waals surface area contributed by atoms with E-state index < -0.39 is 0 Å². The van der Waals surface area contributed by atoms with Gasteiger partial charge in [-0.15, -0.1) is 24.0 Å². The number of nitrogens with one attached hydrogen (secondary N) is 1. The second-order valence-electron chi connectivity index (χ2n) is 7.23. The van der Waals surface area contributed by atoms with Crippen LogP contribution in [-0.2, 0) is 6.54 Å². The van der Waals surface area contributed by atoms with Gasteiger partial charge in [0.2, 0.25) is 0 Å². The lowest BCUT2D eigenvalue weighted by atomic mass is 9.87. The van der Waals surface area contributed by atoms with Gasteiger partial charge in [-0.05, 0) is 42.9 Å². The monoisotopic (exact) mass is 496 g/mol. The Morgan fingerprint density at radius 2 is 2.11 bits per heavy atom. The highest BCUT2D eigenvalue weighted by atomic mass is 127. The van der Waals surface area contributed by atoms with Crippen molar-refractivity contribution in [3.05, 3.63) is 42.6 Å². The highest BCUT2D eigenvalue weighted by Gasteiger charge is 2.29. The normalized spacial score (nSPS) is 17.1. The lowest BCUT2D eigenvalue weighted by Crippen LogP contribution is -2.40. The van der Waals surface area contributed by atoms with E-state index in [-0.39, 0.29) is 24.0 Å². The van der Waals surface area contributed by atoms with E-state index in [1.807, 2.05) is 23.0 Å². The van der Waals surface area contributed by atoms with Crippen LogP contribution in [0.1, 0.15) is 45.6 Å². The number of guanidine groups is 1. The molecule has 0 amide bonds. The van der Waals surface area contributed by atoms with Gasteiger partial charge in [-0.1, -0.05) is 26.7 Å². The number of pyridine rings is 1. The predicted molar refractivity (Wildman–Crippen MR) is 125 cm³/mol. The third kappa shape index (κ3) is 5.68. The maximum absolute atomic E-state index is 4.91. The van der Waals surface area contributed by atoms with Gasteiger partial charge in [-0.3, -0.25) is 4.57 Å². The molecule has 1 N–H and O–H groups in total. The van der Waals surface area contributed by atoms with E-state index in [4.69, 9.17) is 4.99 Å². The van der Waals surface area contributed by atoms with Gasteiger partial charge in [0.15, 0.2) is 5.96 Å². The number of rotatable bonds is 7. The third-order valence-corrected chi connectivity index (χ3v) is 5.56. The number of halogens is 1. The minimum absolute atomic E-state index is 0. The van der Waals surface area contributed by atoms with Crippen LogP contribution in [0.3, 0.4) is 0 Å². The van der Waals surface area contributed by atoms with Crippen molar-refractivity contribution in [3.8, 4) is 5.82 Å². The zero-order valence-electron chi connectivity index (χ0n) is 17.2. The summed E-state index contributed by atoms with van der Waals surface area (Å²) in [6.45, 7) is 10.5. The van der Waals surface area contributed by atoms with Crippen molar-refractivity contribution in [2.75, 3.05) is 19.6 Å². The molecule has 28 heavy (non-hydrogen) atoms. The van der Waals surface area contributed by atoms with E-state index >= 15 is 0 Å². The number of hydrogen-bond donors (Lipinski definition) is 1. The quantitative estimate of drug-likeness (QED) is 0.356. The van der Waals surface area contributed by atoms with Crippen LogP contribution in [0.25, 0.3) is 5.82 Å². The maximum atomic E-state index is 4.91. The molecule has 7 heteroatoms. The molecule has 0 aromatic carbocycles. The summed E-state index contributed by atoms with van der Waals surface area (Å²) >= 11 is 0. The summed E-state index contributed by atoms with van der Waals surface area (Å²) in [5.74, 6) is 3.53. The molecule has 154 valence electrons. The Morgan fingerprint density at radius 1 is 1.29 bits per heavy atom. The molecule has 2 aromatic rings. The van der Waals surface area contributed by atoms with Crippen LogP contribution in [0, 0.1) is 11.8 Å². The summed E-state index contributed by atoms with van der Waals surface area (Å²) in [7, 11) is 0. The first-order chi connectivity index (χ1) is 13.2. The first-order valence-electron chi connectivity index (χ1n) is 10.2. The fourth-order valence-corrected chi connectivity index (χ4v) is 4.01. The second kappa shape index (κ2) is 11.4. The fraction of sp³-hybridized carbons (Fsp3) is 0.571. The van der Waals surface area contributed by atoms with Crippen molar-refractivity contribution < 1.29 is 0 Å². The van der Waals surface area contributed by atoms with Gasteiger partial charge >= 0.3 is 0 Å². The standard InChI is InChI=1S/C21H32N6.HI/c1-4-18(5-2)19-8-11-26(15-19)21(23-6-3)25-14-17-7-9-24-20(13-17)27-12-10-22-16-27;/h7,9-10,12-13,16,18-19H,4-6,8,11,14-15H2,1-3H3,(H,23,25);1H. The molecule has 2 aromatic heterocycles. The number of hydrogen-bond acceptors (Lipinski definition) is 3. The number of imidazole rings is 1. The molecule has 1 saturated heterocycles. The van der Waals surface area contributed by atoms with E-state index in [0.717, 1.165) is 48.8 Å². The van der Waals surface area contributed by atoms with Crippen molar-refractivity contribution in [2.24, 2.45) is 16.8 Å². The van der Waals surface area contributed by atoms with Crippen molar-refractivity contribution in [1.82, 2.24) is 24.8 Å². The molecule has 0 radical (unpaired) electrons. The number of aromatic nitrogens is 3. The average Bonchev–Trinajstić information content (AvgIpc) is 3.39. The maximum Gasteiger partial charge on any atom is 0.194 e. The van der Waals surface area contributed by atoms with E-state index in [1.54, 1.807) is 12.5 Å². The molecule has 0 spiro atoms. The number of aliphatic imine (C=N–C) groups is 1. The van der Waals surface area contributed by atoms with Crippen molar-refractivity contribution in [2.45, 2.75) is 46.6 Å². The molecule has 1 aliphatic rings. The van der Waals surface area contributed by atoms with Crippen LogP contribution in [0.2, 0.25) is 0 Å². The molecular formula is C21H33IN6. The molecule has 1 fully saturated rings. The Hall–Kier alpha value is -1.64. The summed E-state index contributed by atoms with van der Waals surface area (Å²) in [4.78, 5) is 15.9. The van der Waals surface area contributed by atoms with Crippen LogP contribution < -0.4 is 5.32 Å². The molecule has 1 aliphatic heterocycles. The van der Waals surface area contributed by atoms with Crippen molar-refractivity contribution in [3.63, 3.8) is 0 Å². The number of nitrogens with zero attached hydrogens (tertiary/aromatic N) is 5. The molecule has 6 nitrogen and oxygen atoms in total. The Labute approximate surface area is 185 Å². The fourth-order valence-electron chi connectivity index (χ4n) is 4.01. The molecule has 1 atom stereocenters. The molecular weight excluding hydrogens is 463 g/mol. The summed E-state index contributed by atoms with van der Waals surface area (Å²) in [5.41, 5.74) is 1.15. The minimum atomic E-state index is 0. The van der Waals surface area contributed by atoms with Crippen molar-refractivity contribution in [1.29, 1.82) is 0 Å². The van der Waals surface area contributed by atoms with E-state index in [0.29, 0.717) is 6.54 Å². The summed E-state index contributed by atoms with van der Waals surface area (Å²) in [6, 6.07) is 4.11. The Balaban J connectivity index is 0.00000280. The second-order valence-corrected chi connectivity index (χ2v) is 7.23. The highest BCUT2D eigenvalue weighted by molar-refractivity contribution is 14.0. The largest absolute Gasteiger partial charge is 0.357 e. The van der Waals surface area contributed by atoms with Gasteiger partial charge in [0.25, 0.3) is 0 Å². The SMILES string of the molecule is CCNC(=NCc1ccnc(-n2ccnc2)c1)N1CCC(C(CC)CC)C1.I. The van der Waals surface area contributed by atoms with Gasteiger partial charge in [0.1, 0.15) is 12.1 Å². The predicted octanol–water partition coefficient (Wildman–Crippen LogP) is 4.11. The third-order valence-electron chi connectivity index (χ3n) is 5.56. The molecule has 3 rings (SSSR count). The lowest BCUT2D eigenvalue weighted by Gasteiger charge is -2.24. The van der Waals surface area contributed by atoms with Crippen molar-refractivity contribution >= 4 is 29.9 Å². The zero-order chi connectivity index (χ0) is 19.1. The Morgan fingerprint density at radius 3 is 2.79 bits per heavy atom. The van der Waals surface area contributed by atoms with Crippen LogP contribution in [0.4, 0.5) is 0 Å². The first kappa shape index (κ1) is 22.6. The Kier molecular flexibility index (Phi) is 9.21. The molecule has 0 bridgehead atoms. The summed E-state index contributed by atoms with van der Waals surface area (Å²) in [5, 5.41) is 3.48. The van der Waals surface area contributed by atoms with Crippen LogP contribution in [-0.4, -0.2) is 45.0 Å². The van der Waals surface area contributed by atoms with Crippen LogP contribution in [0.5, 0.6) is 0 Å². The minimum Gasteiger partial charge on any atom is -0.357 e. The highest BCUT2D eigenvalue weighted by Crippen LogP contribution is 2.28. The smallest absolute Gasteiger partial charge is 0.194 e. The lowest BCUT2D eigenvalue weighted by molar-refractivity contribution is 0.319. The van der Waals surface area contributed by atoms with Gasteiger partial charge in [-0.25, -0.2) is 15.0 Å². The van der Waals surface area contributed by atoms with Gasteiger partial charge in [0, 0.05) is 38.2 Å². The average molecular weight is 496 g/mol. The van der Waals surface area contributed by atoms with Gasteiger partial charge < -0.3 is 10.2 Å². The zero-order valence-corrected chi connectivity index (χ0v) is 19.5. The van der Waals surface area contributed by atoms with Gasteiger partial charge in [-0.2, -0.15) is 0 Å². The van der Waals surface area contributed by atoms with Crippen LogP contribution >= 0.6 is 24.0 Å². The number of likely N-dealkylation sites (tertiary alicyclic amines) is 1. The van der Waals surface area contributed by atoms with E-state index in [9.17, 15) is 0 Å². The summed E-state index contributed by atoms with van der Waals surface area (Å²) in [6.07, 6.45) is 11.1. The van der Waals surface area contributed by atoms with Gasteiger partial charge in [0.05, 0.1) is 6.54 Å². The van der Waals surface area contributed by atoms with E-state index in [2.05, 4.69) is 47.0 Å². The Bertz CT molecular complexity index is 726. The molecule has 0 aliphatic carbocycles. The molecule has 3 heterocycles.